The van der Waals surface area contributed by atoms with Crippen LogP contribution in [0.5, 0.6) is 0 Å². The van der Waals surface area contributed by atoms with Crippen LogP contribution in [0.1, 0.15) is 219 Å². The monoisotopic (exact) mass is 780 g/mol. The summed E-state index contributed by atoms with van der Waals surface area (Å²) in [5.74, 6) is -1.79. The highest BCUT2D eigenvalue weighted by molar-refractivity contribution is 5.70. The molecule has 0 aromatic carbocycles. The molecule has 0 saturated carbocycles. The Bertz CT molecular complexity index is 915. The van der Waals surface area contributed by atoms with E-state index in [0.717, 1.165) is 32.1 Å². The lowest BCUT2D eigenvalue weighted by atomic mass is 10.0. The summed E-state index contributed by atoms with van der Waals surface area (Å²) in [4.78, 5) is 36.7. The van der Waals surface area contributed by atoms with Gasteiger partial charge in [0.15, 0.2) is 6.10 Å². The van der Waals surface area contributed by atoms with Gasteiger partial charge in [-0.05, 0) is 25.7 Å². The van der Waals surface area contributed by atoms with E-state index in [1.165, 1.54) is 148 Å². The molecule has 0 aromatic rings. The number of carboxylic acid groups (broad SMARTS) is 1. The van der Waals surface area contributed by atoms with Gasteiger partial charge in [-0.1, -0.05) is 187 Å². The van der Waals surface area contributed by atoms with E-state index in [9.17, 15) is 19.5 Å². The van der Waals surface area contributed by atoms with Crippen molar-refractivity contribution in [1.82, 2.24) is 0 Å². The lowest BCUT2D eigenvalue weighted by Crippen LogP contribution is -2.55. The average molecular weight is 780 g/mol. The van der Waals surface area contributed by atoms with E-state index in [0.29, 0.717) is 12.8 Å². The number of allylic oxidation sites excluding steroid dienone is 2. The normalized spacial score (nSPS) is 13.0. The van der Waals surface area contributed by atoms with Crippen LogP contribution in [-0.2, 0) is 28.6 Å². The van der Waals surface area contributed by atoms with Crippen LogP contribution in [0, 0.1) is 0 Å². The minimum absolute atomic E-state index is 0.0304. The fraction of sp³-hybridized carbons (Fsp3) is 0.894. The first-order chi connectivity index (χ1) is 26.6. The van der Waals surface area contributed by atoms with Crippen LogP contribution in [0.2, 0.25) is 0 Å². The molecule has 55 heavy (non-hydrogen) atoms. The summed E-state index contributed by atoms with van der Waals surface area (Å²) in [5.41, 5.74) is 0. The molecule has 8 nitrogen and oxygen atoms in total. The Morgan fingerprint density at radius 1 is 0.527 bits per heavy atom. The smallest absolute Gasteiger partial charge is 0.306 e. The number of ether oxygens (including phenoxy) is 3. The predicted octanol–water partition coefficient (Wildman–Crippen LogP) is 11.4. The number of quaternary nitrogens is 1. The van der Waals surface area contributed by atoms with E-state index in [4.69, 9.17) is 14.2 Å². The largest absolute Gasteiger partial charge is 0.544 e. The van der Waals surface area contributed by atoms with E-state index in [1.54, 1.807) is 21.1 Å². The molecule has 2 atom stereocenters. The van der Waals surface area contributed by atoms with Gasteiger partial charge in [-0.2, -0.15) is 0 Å². The number of carbonyl (C=O) groups is 3. The number of unbranched alkanes of at least 4 members (excludes halogenated alkanes) is 26. The minimum Gasteiger partial charge on any atom is -0.544 e. The van der Waals surface area contributed by atoms with E-state index in [1.807, 2.05) is 6.08 Å². The van der Waals surface area contributed by atoms with Gasteiger partial charge in [-0.3, -0.25) is 9.59 Å². The lowest BCUT2D eigenvalue weighted by Gasteiger charge is -2.34. The van der Waals surface area contributed by atoms with Gasteiger partial charge >= 0.3 is 11.9 Å². The first kappa shape index (κ1) is 53.1. The minimum atomic E-state index is -1.13. The summed E-state index contributed by atoms with van der Waals surface area (Å²) in [6, 6.07) is -0.726. The molecule has 0 bridgehead atoms. The lowest BCUT2D eigenvalue weighted by molar-refractivity contribution is -0.889. The molecule has 0 heterocycles. The fourth-order valence-electron chi connectivity index (χ4n) is 7.03. The molecular weight excluding hydrogens is 691 g/mol. The zero-order valence-corrected chi connectivity index (χ0v) is 36.9. The second-order valence-electron chi connectivity index (χ2n) is 17.0. The van der Waals surface area contributed by atoms with Gasteiger partial charge in [0.25, 0.3) is 0 Å². The Hall–Kier alpha value is -1.93. The second kappa shape index (κ2) is 38.9. The number of rotatable bonds is 42. The third kappa shape index (κ3) is 37.4. The maximum atomic E-state index is 12.6. The van der Waals surface area contributed by atoms with Crippen molar-refractivity contribution in [3.8, 4) is 0 Å². The number of esters is 2. The first-order valence-electron chi connectivity index (χ1n) is 23.2. The van der Waals surface area contributed by atoms with Gasteiger partial charge in [0.2, 0.25) is 0 Å². The standard InChI is InChI=1S/C47H89NO7/c1-6-8-10-12-14-16-17-18-19-20-21-22-23-24-25-26-27-28-29-30-32-33-35-37-45(49)54-42-43(41-53-40-39-44(47(51)52)48(3,4)5)55-46(50)38-36-34-31-15-13-11-9-7-2/h31,34,43-44H,6-30,32-33,35-42H2,1-5H3/b34-31+. The van der Waals surface area contributed by atoms with E-state index in [-0.39, 0.29) is 49.1 Å². The molecule has 0 fully saturated rings. The number of nitrogens with zero attached hydrogens (tertiary/aromatic N) is 1. The molecule has 0 aliphatic rings. The van der Waals surface area contributed by atoms with E-state index < -0.39 is 18.1 Å². The maximum Gasteiger partial charge on any atom is 0.306 e. The van der Waals surface area contributed by atoms with Crippen molar-refractivity contribution in [2.45, 2.75) is 231 Å². The highest BCUT2D eigenvalue weighted by Gasteiger charge is 2.25. The Labute approximate surface area is 339 Å². The molecular formula is C47H89NO7. The van der Waals surface area contributed by atoms with Crippen LogP contribution >= 0.6 is 0 Å². The van der Waals surface area contributed by atoms with Crippen molar-refractivity contribution in [2.75, 3.05) is 41.0 Å². The molecule has 0 aliphatic heterocycles. The molecule has 0 radical (unpaired) electrons. The predicted molar refractivity (Wildman–Crippen MR) is 227 cm³/mol. The molecule has 0 saturated heterocycles. The Balaban J connectivity index is 4.07. The van der Waals surface area contributed by atoms with Gasteiger partial charge < -0.3 is 28.6 Å². The SMILES string of the molecule is CCCCCC/C=C/CCC(=O)OC(COCCC(C(=O)[O-])[N+](C)(C)C)COC(=O)CCCCCCCCCCCCCCCCCCCCCCCCC. The van der Waals surface area contributed by atoms with Crippen molar-refractivity contribution in [3.05, 3.63) is 12.2 Å². The van der Waals surface area contributed by atoms with Gasteiger partial charge in [0.05, 0.1) is 40.3 Å². The van der Waals surface area contributed by atoms with Crippen LogP contribution in [0.15, 0.2) is 12.2 Å². The third-order valence-electron chi connectivity index (χ3n) is 10.7. The summed E-state index contributed by atoms with van der Waals surface area (Å²) in [5, 5.41) is 11.6. The van der Waals surface area contributed by atoms with Crippen molar-refractivity contribution in [3.63, 3.8) is 0 Å². The van der Waals surface area contributed by atoms with Gasteiger partial charge in [0, 0.05) is 19.3 Å². The van der Waals surface area contributed by atoms with E-state index >= 15 is 0 Å². The summed E-state index contributed by atoms with van der Waals surface area (Å²) in [6.45, 7) is 4.60. The third-order valence-corrected chi connectivity index (χ3v) is 10.7. The first-order valence-corrected chi connectivity index (χ1v) is 23.2. The quantitative estimate of drug-likeness (QED) is 0.0263. The number of likely N-dealkylation sites (N-methyl/N-ethyl adjacent to an activating group) is 1. The van der Waals surface area contributed by atoms with E-state index in [2.05, 4.69) is 19.9 Å². The molecule has 0 aromatic heterocycles. The zero-order chi connectivity index (χ0) is 40.7. The number of carbonyl (C=O) groups excluding carboxylic acids is 3. The summed E-state index contributed by atoms with van der Waals surface area (Å²) in [6.07, 6.45) is 41.4. The molecule has 0 amide bonds. The van der Waals surface area contributed by atoms with Crippen LogP contribution in [0.3, 0.4) is 0 Å². The Morgan fingerprint density at radius 2 is 0.945 bits per heavy atom. The maximum absolute atomic E-state index is 12.6. The zero-order valence-electron chi connectivity index (χ0n) is 36.9. The Kier molecular flexibility index (Phi) is 37.6. The summed E-state index contributed by atoms with van der Waals surface area (Å²) in [7, 11) is 5.40. The Morgan fingerprint density at radius 3 is 1.38 bits per heavy atom. The highest BCUT2D eigenvalue weighted by Crippen LogP contribution is 2.16. The summed E-state index contributed by atoms with van der Waals surface area (Å²) < 4.78 is 17.1. The van der Waals surface area contributed by atoms with Crippen LogP contribution < -0.4 is 5.11 Å². The van der Waals surface area contributed by atoms with Gasteiger partial charge in [-0.25, -0.2) is 0 Å². The van der Waals surface area contributed by atoms with Crippen LogP contribution in [-0.4, -0.2) is 75.5 Å². The van der Waals surface area contributed by atoms with Crippen molar-refractivity contribution >= 4 is 17.9 Å². The molecule has 0 spiro atoms. The topological polar surface area (TPSA) is 102 Å². The number of carboxylic acids is 1. The molecule has 0 aliphatic carbocycles. The van der Waals surface area contributed by atoms with Crippen molar-refractivity contribution < 1.29 is 38.2 Å². The highest BCUT2D eigenvalue weighted by atomic mass is 16.6. The molecule has 0 N–H and O–H groups in total. The second-order valence-corrected chi connectivity index (χ2v) is 17.0. The molecule has 8 heteroatoms. The van der Waals surface area contributed by atoms with Crippen molar-refractivity contribution in [1.29, 1.82) is 0 Å². The number of aliphatic carboxylic acids is 1. The van der Waals surface area contributed by atoms with Gasteiger partial charge in [0.1, 0.15) is 12.6 Å². The number of hydrogen-bond acceptors (Lipinski definition) is 7. The molecule has 0 rings (SSSR count). The molecule has 2 unspecified atom stereocenters. The van der Waals surface area contributed by atoms with Crippen LogP contribution in [0.25, 0.3) is 0 Å². The number of hydrogen-bond donors (Lipinski definition) is 0. The van der Waals surface area contributed by atoms with Crippen LogP contribution in [0.4, 0.5) is 0 Å². The van der Waals surface area contributed by atoms with Gasteiger partial charge in [-0.15, -0.1) is 0 Å². The fourth-order valence-corrected chi connectivity index (χ4v) is 7.03. The summed E-state index contributed by atoms with van der Waals surface area (Å²) >= 11 is 0. The molecule has 324 valence electrons. The van der Waals surface area contributed by atoms with Crippen molar-refractivity contribution in [2.24, 2.45) is 0 Å². The average Bonchev–Trinajstić information content (AvgIpc) is 3.14.